The average Bonchev–Trinajstić information content (AvgIpc) is 2.34. The first-order valence-electron chi connectivity index (χ1n) is 5.71. The molecule has 0 saturated carbocycles. The second-order valence-electron chi connectivity index (χ2n) is 3.79. The molecule has 0 fully saturated rings. The van der Waals surface area contributed by atoms with Crippen LogP contribution in [-0.4, -0.2) is 23.7 Å². The molecule has 0 aliphatic carbocycles. The number of hydrogen-bond donors (Lipinski definition) is 1. The fourth-order valence-electron chi connectivity index (χ4n) is 1.43. The van der Waals surface area contributed by atoms with E-state index in [4.69, 9.17) is 9.84 Å². The molecule has 1 aliphatic rings. The Morgan fingerprint density at radius 1 is 1.44 bits per heavy atom. The molecule has 0 atom stereocenters. The molecule has 0 aromatic carbocycles. The van der Waals surface area contributed by atoms with Crippen LogP contribution in [0.1, 0.15) is 19.8 Å². The summed E-state index contributed by atoms with van der Waals surface area (Å²) in [4.78, 5) is 21.9. The van der Waals surface area contributed by atoms with E-state index in [1.165, 1.54) is 0 Å². The van der Waals surface area contributed by atoms with Gasteiger partial charge in [-0.2, -0.15) is 0 Å². The summed E-state index contributed by atoms with van der Waals surface area (Å²) in [6.07, 6.45) is 11.2. The number of ether oxygens (including phenoxy) is 1. The third-order valence-electron chi connectivity index (χ3n) is 2.32. The van der Waals surface area contributed by atoms with Crippen molar-refractivity contribution in [2.75, 3.05) is 6.61 Å². The van der Waals surface area contributed by atoms with Crippen molar-refractivity contribution in [1.29, 1.82) is 0 Å². The minimum Gasteiger partial charge on any atom is -0.481 e. The molecule has 1 rings (SSSR count). The van der Waals surface area contributed by atoms with Gasteiger partial charge in [0.05, 0.1) is 0 Å². The fraction of sp³-hybridized carbons (Fsp3) is 0.286. The summed E-state index contributed by atoms with van der Waals surface area (Å²) >= 11 is 0. The lowest BCUT2D eigenvalue weighted by molar-refractivity contribution is -0.139. The van der Waals surface area contributed by atoms with Gasteiger partial charge in [-0.3, -0.25) is 4.79 Å². The van der Waals surface area contributed by atoms with Gasteiger partial charge >= 0.3 is 11.9 Å². The van der Waals surface area contributed by atoms with Crippen molar-refractivity contribution in [3.63, 3.8) is 0 Å². The zero-order valence-corrected chi connectivity index (χ0v) is 10.3. The van der Waals surface area contributed by atoms with Crippen LogP contribution in [0.4, 0.5) is 0 Å². The van der Waals surface area contributed by atoms with Crippen LogP contribution in [0.2, 0.25) is 0 Å². The first-order chi connectivity index (χ1) is 8.63. The normalized spacial score (nSPS) is 18.4. The monoisotopic (exact) mass is 248 g/mol. The molecule has 1 N–H and O–H groups in total. The largest absolute Gasteiger partial charge is 0.481 e. The van der Waals surface area contributed by atoms with Gasteiger partial charge in [0.2, 0.25) is 0 Å². The quantitative estimate of drug-likeness (QED) is 0.599. The van der Waals surface area contributed by atoms with Crippen LogP contribution in [0, 0.1) is 0 Å². The van der Waals surface area contributed by atoms with E-state index in [9.17, 15) is 9.59 Å². The van der Waals surface area contributed by atoms with Crippen LogP contribution < -0.4 is 0 Å². The third kappa shape index (κ3) is 4.82. The summed E-state index contributed by atoms with van der Waals surface area (Å²) in [6, 6.07) is 0. The Morgan fingerprint density at radius 2 is 2.22 bits per heavy atom. The number of carbonyl (C=O) groups is 2. The first kappa shape index (κ1) is 14.0. The SMILES string of the molecule is CC=CC=CC=C1C=C(CCC(=O)O)C(=O)OC1. The highest BCUT2D eigenvalue weighted by Crippen LogP contribution is 2.17. The highest BCUT2D eigenvalue weighted by atomic mass is 16.5. The van der Waals surface area contributed by atoms with Crippen molar-refractivity contribution in [3.05, 3.63) is 47.6 Å². The Bertz CT molecular complexity index is 439. The number of esters is 1. The lowest BCUT2D eigenvalue weighted by Crippen LogP contribution is -2.16. The zero-order chi connectivity index (χ0) is 13.4. The Morgan fingerprint density at radius 3 is 2.89 bits per heavy atom. The Hall–Kier alpha value is -2.10. The molecule has 1 heterocycles. The van der Waals surface area contributed by atoms with Crippen LogP contribution in [0.25, 0.3) is 0 Å². The summed E-state index contributed by atoms with van der Waals surface area (Å²) in [5, 5.41) is 8.58. The lowest BCUT2D eigenvalue weighted by atomic mass is 10.0. The molecule has 0 saturated heterocycles. The van der Waals surface area contributed by atoms with Crippen molar-refractivity contribution in [3.8, 4) is 0 Å². The van der Waals surface area contributed by atoms with Crippen molar-refractivity contribution in [1.82, 2.24) is 0 Å². The molecular weight excluding hydrogens is 232 g/mol. The number of hydrogen-bond acceptors (Lipinski definition) is 3. The molecule has 4 nitrogen and oxygen atoms in total. The third-order valence-corrected chi connectivity index (χ3v) is 2.32. The molecule has 0 radical (unpaired) electrons. The zero-order valence-electron chi connectivity index (χ0n) is 10.3. The number of carboxylic acids is 1. The van der Waals surface area contributed by atoms with Gasteiger partial charge in [-0.05, 0) is 25.0 Å². The van der Waals surface area contributed by atoms with Crippen molar-refractivity contribution in [2.45, 2.75) is 19.8 Å². The summed E-state index contributed by atoms with van der Waals surface area (Å²) in [5.74, 6) is -1.35. The summed E-state index contributed by atoms with van der Waals surface area (Å²) < 4.78 is 4.97. The minimum absolute atomic E-state index is 0.0668. The van der Waals surface area contributed by atoms with E-state index in [0.29, 0.717) is 5.57 Å². The molecule has 1 aliphatic heterocycles. The van der Waals surface area contributed by atoms with E-state index < -0.39 is 11.9 Å². The maximum atomic E-state index is 11.4. The Balaban J connectivity index is 2.71. The van der Waals surface area contributed by atoms with Gasteiger partial charge in [-0.1, -0.05) is 30.4 Å². The van der Waals surface area contributed by atoms with Gasteiger partial charge < -0.3 is 9.84 Å². The highest BCUT2D eigenvalue weighted by Gasteiger charge is 2.17. The van der Waals surface area contributed by atoms with Crippen LogP contribution in [0.5, 0.6) is 0 Å². The van der Waals surface area contributed by atoms with Gasteiger partial charge in [0, 0.05) is 12.0 Å². The van der Waals surface area contributed by atoms with E-state index >= 15 is 0 Å². The topological polar surface area (TPSA) is 63.6 Å². The van der Waals surface area contributed by atoms with Crippen molar-refractivity contribution < 1.29 is 19.4 Å². The Kier molecular flexibility index (Phi) is 5.64. The highest BCUT2D eigenvalue weighted by molar-refractivity contribution is 5.91. The smallest absolute Gasteiger partial charge is 0.334 e. The van der Waals surface area contributed by atoms with E-state index in [0.717, 1.165) is 5.57 Å². The number of aliphatic carboxylic acids is 1. The molecule has 0 spiro atoms. The molecule has 0 aromatic rings. The van der Waals surface area contributed by atoms with Gasteiger partial charge in [-0.15, -0.1) is 0 Å². The molecule has 18 heavy (non-hydrogen) atoms. The molecule has 0 unspecified atom stereocenters. The second-order valence-corrected chi connectivity index (χ2v) is 3.79. The van der Waals surface area contributed by atoms with Crippen LogP contribution in [-0.2, 0) is 14.3 Å². The minimum atomic E-state index is -0.923. The van der Waals surface area contributed by atoms with Crippen molar-refractivity contribution in [2.24, 2.45) is 0 Å². The maximum absolute atomic E-state index is 11.4. The fourth-order valence-corrected chi connectivity index (χ4v) is 1.43. The molecule has 0 bridgehead atoms. The second kappa shape index (κ2) is 7.27. The van der Waals surface area contributed by atoms with Gasteiger partial charge in [0.15, 0.2) is 0 Å². The van der Waals surface area contributed by atoms with E-state index in [1.807, 2.05) is 37.3 Å². The van der Waals surface area contributed by atoms with Crippen molar-refractivity contribution >= 4 is 11.9 Å². The molecular formula is C14H16O4. The summed E-state index contributed by atoms with van der Waals surface area (Å²) in [6.45, 7) is 2.15. The summed E-state index contributed by atoms with van der Waals surface area (Å²) in [7, 11) is 0. The van der Waals surface area contributed by atoms with E-state index in [-0.39, 0.29) is 19.4 Å². The predicted octanol–water partition coefficient (Wildman–Crippen LogP) is 2.39. The van der Waals surface area contributed by atoms with Gasteiger partial charge in [-0.25, -0.2) is 4.79 Å². The van der Waals surface area contributed by atoms with Gasteiger partial charge in [0.25, 0.3) is 0 Å². The number of carboxylic acid groups (broad SMARTS) is 1. The number of rotatable bonds is 5. The molecule has 0 aromatic heterocycles. The number of carbonyl (C=O) groups excluding carboxylic acids is 1. The van der Waals surface area contributed by atoms with Crippen LogP contribution >= 0.6 is 0 Å². The predicted molar refractivity (Wildman–Crippen MR) is 67.9 cm³/mol. The average molecular weight is 248 g/mol. The number of allylic oxidation sites excluding steroid dienone is 5. The number of cyclic esters (lactones) is 1. The van der Waals surface area contributed by atoms with E-state index in [2.05, 4.69) is 0 Å². The van der Waals surface area contributed by atoms with Crippen LogP contribution in [0.3, 0.4) is 0 Å². The molecule has 4 heteroatoms. The van der Waals surface area contributed by atoms with E-state index in [1.54, 1.807) is 6.08 Å². The first-order valence-corrected chi connectivity index (χ1v) is 5.71. The maximum Gasteiger partial charge on any atom is 0.334 e. The molecule has 0 amide bonds. The Labute approximate surface area is 106 Å². The van der Waals surface area contributed by atoms with Crippen LogP contribution in [0.15, 0.2) is 47.6 Å². The summed E-state index contributed by atoms with van der Waals surface area (Å²) in [5.41, 5.74) is 1.27. The van der Waals surface area contributed by atoms with Gasteiger partial charge in [0.1, 0.15) is 6.61 Å². The molecule has 96 valence electrons. The lowest BCUT2D eigenvalue weighted by Gasteiger charge is -2.14. The standard InChI is InChI=1S/C14H16O4/c1-2-3-4-5-6-11-9-12(7-8-13(15)16)14(17)18-10-11/h2-6,9H,7-8,10H2,1H3,(H,15,16).